The Kier molecular flexibility index (Phi) is 7.00. The third-order valence-electron chi connectivity index (χ3n) is 11.5. The van der Waals surface area contributed by atoms with E-state index in [4.69, 9.17) is 4.74 Å². The van der Waals surface area contributed by atoms with Gasteiger partial charge in [0.15, 0.2) is 0 Å². The maximum Gasteiger partial charge on any atom is 0.309 e. The molecule has 2 fully saturated rings. The molecule has 2 N–H and O–H groups in total. The molecule has 4 nitrogen and oxygen atoms in total. The highest BCUT2D eigenvalue weighted by Gasteiger charge is 2.65. The fourth-order valence-corrected chi connectivity index (χ4v) is 8.57. The second-order valence-corrected chi connectivity index (χ2v) is 14.4. The highest BCUT2D eigenvalue weighted by Crippen LogP contribution is 2.69. The molecule has 0 bridgehead atoms. The number of carbonyl (C=O) groups is 1. The minimum Gasteiger partial charge on any atom is -0.469 e. The number of rotatable bonds is 5. The first-order chi connectivity index (χ1) is 16.6. The van der Waals surface area contributed by atoms with Crippen molar-refractivity contribution in [1.82, 2.24) is 0 Å². The Labute approximate surface area is 219 Å². The first-order valence-electron chi connectivity index (χ1n) is 14.1. The molecule has 4 aliphatic rings. The fourth-order valence-electron chi connectivity index (χ4n) is 8.57. The summed E-state index contributed by atoms with van der Waals surface area (Å²) in [7, 11) is 1.47. The van der Waals surface area contributed by atoms with Gasteiger partial charge >= 0.3 is 5.97 Å². The summed E-state index contributed by atoms with van der Waals surface area (Å²) in [5.41, 5.74) is 3.44. The highest BCUT2D eigenvalue weighted by atomic mass is 16.5. The Morgan fingerprint density at radius 2 is 1.83 bits per heavy atom. The van der Waals surface area contributed by atoms with Crippen LogP contribution >= 0.6 is 0 Å². The summed E-state index contributed by atoms with van der Waals surface area (Å²) in [4.78, 5) is 13.2. The highest BCUT2D eigenvalue weighted by molar-refractivity contribution is 5.73. The molecule has 2 saturated carbocycles. The van der Waals surface area contributed by atoms with Crippen LogP contribution in [0.25, 0.3) is 0 Å². The zero-order valence-electron chi connectivity index (χ0n) is 24.0. The van der Waals surface area contributed by atoms with Crippen molar-refractivity contribution in [2.75, 3.05) is 7.11 Å². The van der Waals surface area contributed by atoms with E-state index in [1.54, 1.807) is 0 Å². The Bertz CT molecular complexity index is 965. The summed E-state index contributed by atoms with van der Waals surface area (Å²) >= 11 is 0. The van der Waals surface area contributed by atoms with Crippen LogP contribution in [-0.4, -0.2) is 35.5 Å². The number of fused-ring (bicyclic) bond motifs is 5. The number of methoxy groups -OCH3 is 1. The van der Waals surface area contributed by atoms with E-state index < -0.39 is 6.10 Å². The van der Waals surface area contributed by atoms with Crippen molar-refractivity contribution in [2.45, 2.75) is 106 Å². The number of hydrogen-bond donors (Lipinski definition) is 2. The van der Waals surface area contributed by atoms with Crippen molar-refractivity contribution in [2.24, 2.45) is 45.3 Å². The lowest BCUT2D eigenvalue weighted by Crippen LogP contribution is -2.50. The lowest BCUT2D eigenvalue weighted by Gasteiger charge is -2.56. The van der Waals surface area contributed by atoms with Crippen LogP contribution in [0.2, 0.25) is 0 Å². The zero-order valence-corrected chi connectivity index (χ0v) is 24.0. The minimum atomic E-state index is -0.553. The van der Waals surface area contributed by atoms with Crippen LogP contribution in [-0.2, 0) is 9.53 Å². The van der Waals surface area contributed by atoms with Gasteiger partial charge in [0.25, 0.3) is 0 Å². The molecule has 36 heavy (non-hydrogen) atoms. The summed E-state index contributed by atoms with van der Waals surface area (Å²) in [5, 5.41) is 22.4. The SMILES string of the molecule is C=C(CC[C@@H](C(=O)OC)[C@H]1[C@H](O)C[C@@]2(C)C3=CC[C@@H]4C(CC[C@@H](O)C4(C)C)C3=CC[C@]12C)C(C)(C)C. The smallest absolute Gasteiger partial charge is 0.309 e. The van der Waals surface area contributed by atoms with E-state index >= 15 is 0 Å². The van der Waals surface area contributed by atoms with Crippen LogP contribution in [0.15, 0.2) is 35.5 Å². The van der Waals surface area contributed by atoms with Crippen molar-refractivity contribution in [3.63, 3.8) is 0 Å². The molecule has 4 heteroatoms. The van der Waals surface area contributed by atoms with E-state index in [2.05, 4.69) is 67.2 Å². The topological polar surface area (TPSA) is 66.8 Å². The van der Waals surface area contributed by atoms with Gasteiger partial charge in [-0.15, -0.1) is 0 Å². The van der Waals surface area contributed by atoms with E-state index in [0.29, 0.717) is 24.7 Å². The third kappa shape index (κ3) is 4.06. The Balaban J connectivity index is 1.69. The summed E-state index contributed by atoms with van der Waals surface area (Å²) in [6, 6.07) is 0. The Morgan fingerprint density at radius 3 is 2.44 bits per heavy atom. The lowest BCUT2D eigenvalue weighted by molar-refractivity contribution is -0.152. The molecule has 0 heterocycles. The van der Waals surface area contributed by atoms with E-state index in [1.165, 1.54) is 18.3 Å². The summed E-state index contributed by atoms with van der Waals surface area (Å²) in [6.07, 6.45) is 9.85. The van der Waals surface area contributed by atoms with Gasteiger partial charge in [-0.2, -0.15) is 0 Å². The number of allylic oxidation sites excluding steroid dienone is 5. The lowest BCUT2D eigenvalue weighted by atomic mass is 9.48. The molecule has 202 valence electrons. The van der Waals surface area contributed by atoms with Gasteiger partial charge in [0.05, 0.1) is 25.2 Å². The fraction of sp³-hybridized carbons (Fsp3) is 0.781. The first kappa shape index (κ1) is 27.6. The molecule has 0 aliphatic heterocycles. The monoisotopic (exact) mass is 498 g/mol. The molecule has 0 aromatic rings. The van der Waals surface area contributed by atoms with Crippen molar-refractivity contribution >= 4 is 5.97 Å². The molecule has 0 amide bonds. The normalized spacial score (nSPS) is 40.2. The minimum absolute atomic E-state index is 0.0132. The van der Waals surface area contributed by atoms with Crippen LogP contribution in [0.1, 0.15) is 93.4 Å². The van der Waals surface area contributed by atoms with Gasteiger partial charge in [-0.25, -0.2) is 0 Å². The molecule has 0 aromatic carbocycles. The Morgan fingerprint density at radius 1 is 1.17 bits per heavy atom. The van der Waals surface area contributed by atoms with Crippen molar-refractivity contribution in [3.05, 3.63) is 35.5 Å². The van der Waals surface area contributed by atoms with E-state index in [0.717, 1.165) is 37.7 Å². The van der Waals surface area contributed by atoms with E-state index in [-0.39, 0.29) is 45.6 Å². The summed E-state index contributed by atoms with van der Waals surface area (Å²) < 4.78 is 5.33. The van der Waals surface area contributed by atoms with E-state index in [9.17, 15) is 15.0 Å². The molecular formula is C32H50O4. The van der Waals surface area contributed by atoms with Gasteiger partial charge in [-0.1, -0.05) is 72.8 Å². The molecule has 0 saturated heterocycles. The second kappa shape index (κ2) is 9.12. The van der Waals surface area contributed by atoms with Crippen LogP contribution in [0.4, 0.5) is 0 Å². The van der Waals surface area contributed by atoms with Crippen LogP contribution in [0.5, 0.6) is 0 Å². The van der Waals surface area contributed by atoms with Gasteiger partial charge < -0.3 is 14.9 Å². The number of ether oxygens (including phenoxy) is 1. The molecule has 0 radical (unpaired) electrons. The number of esters is 1. The predicted molar refractivity (Wildman–Crippen MR) is 145 cm³/mol. The quantitative estimate of drug-likeness (QED) is 0.330. The third-order valence-corrected chi connectivity index (χ3v) is 11.5. The van der Waals surface area contributed by atoms with Gasteiger partial charge in [-0.3, -0.25) is 4.79 Å². The molecular weight excluding hydrogens is 448 g/mol. The average Bonchev–Trinajstić information content (AvgIpc) is 3.01. The summed E-state index contributed by atoms with van der Waals surface area (Å²) in [5.74, 6) is 0.182. The maximum absolute atomic E-state index is 13.2. The molecule has 4 rings (SSSR count). The average molecular weight is 499 g/mol. The first-order valence-corrected chi connectivity index (χ1v) is 14.1. The maximum atomic E-state index is 13.2. The van der Waals surface area contributed by atoms with Gasteiger partial charge in [0.2, 0.25) is 0 Å². The standard InChI is InChI=1S/C32H50O4/c1-19(29(2,3)4)10-11-22(28(35)36-9)27-25(33)18-32(8)24-14-13-23-20(12-15-26(34)30(23,5)6)21(24)16-17-31(27,32)7/h14,16,20,22-23,25-27,33-34H,1,10-13,15,17-18H2,2-9H3/t20?,22-,23-,25-,26-,27+,31-,32+/m1/s1. The van der Waals surface area contributed by atoms with Crippen LogP contribution < -0.4 is 0 Å². The Hall–Kier alpha value is -1.39. The van der Waals surface area contributed by atoms with Gasteiger partial charge in [0.1, 0.15) is 0 Å². The number of aliphatic hydroxyl groups excluding tert-OH is 2. The number of carbonyl (C=O) groups excluding carboxylic acids is 1. The van der Waals surface area contributed by atoms with E-state index in [1.807, 2.05) is 0 Å². The largest absolute Gasteiger partial charge is 0.469 e. The van der Waals surface area contributed by atoms with Crippen molar-refractivity contribution < 1.29 is 19.7 Å². The molecule has 0 spiro atoms. The molecule has 0 aromatic heterocycles. The summed E-state index contributed by atoms with van der Waals surface area (Å²) in [6.45, 7) is 19.9. The molecule has 1 unspecified atom stereocenters. The zero-order chi connectivity index (χ0) is 26.8. The predicted octanol–water partition coefficient (Wildman–Crippen LogP) is 6.63. The number of aliphatic hydroxyl groups is 2. The second-order valence-electron chi connectivity index (χ2n) is 14.4. The number of hydrogen-bond acceptors (Lipinski definition) is 4. The van der Waals surface area contributed by atoms with Crippen LogP contribution in [0.3, 0.4) is 0 Å². The molecule has 4 aliphatic carbocycles. The van der Waals surface area contributed by atoms with Crippen LogP contribution in [0, 0.1) is 45.3 Å². The van der Waals surface area contributed by atoms with Crippen molar-refractivity contribution in [3.8, 4) is 0 Å². The van der Waals surface area contributed by atoms with Crippen molar-refractivity contribution in [1.29, 1.82) is 0 Å². The molecule has 8 atom stereocenters. The van der Waals surface area contributed by atoms with Gasteiger partial charge in [0, 0.05) is 11.3 Å². The van der Waals surface area contributed by atoms with Gasteiger partial charge in [-0.05, 0) is 84.2 Å².